The maximum absolute atomic E-state index is 11.8. The Kier molecular flexibility index (Phi) is 5.12. The molecule has 0 aromatic heterocycles. The van der Waals surface area contributed by atoms with E-state index >= 15 is 0 Å². The number of carbonyl (C=O) groups is 2. The summed E-state index contributed by atoms with van der Waals surface area (Å²) < 4.78 is 0.153. The minimum atomic E-state index is -0.949. The van der Waals surface area contributed by atoms with Crippen molar-refractivity contribution in [3.8, 4) is 0 Å². The molecule has 5 nitrogen and oxygen atoms in total. The molecule has 1 unspecified atom stereocenters. The van der Waals surface area contributed by atoms with Crippen LogP contribution in [0.3, 0.4) is 0 Å². The molecule has 0 spiro atoms. The standard InChI is InChI=1S/C15H20N2O3S/c1-15(7-2-8-21-15)10-17-14(20)16-9-11-3-5-12(6-4-11)13(18)19/h3-6H,2,7-10H2,1H3,(H,18,19)(H2,16,17,20). The number of carboxylic acids is 1. The smallest absolute Gasteiger partial charge is 0.335 e. The summed E-state index contributed by atoms with van der Waals surface area (Å²) in [6, 6.07) is 6.29. The molecule has 2 amide bonds. The van der Waals surface area contributed by atoms with Crippen molar-refractivity contribution in [3.63, 3.8) is 0 Å². The van der Waals surface area contributed by atoms with E-state index in [1.54, 1.807) is 12.1 Å². The summed E-state index contributed by atoms with van der Waals surface area (Å²) in [5.74, 6) is 0.213. The zero-order chi connectivity index (χ0) is 15.3. The van der Waals surface area contributed by atoms with Crippen LogP contribution in [0.2, 0.25) is 0 Å². The Bertz CT molecular complexity index is 510. The Morgan fingerprint density at radius 3 is 2.57 bits per heavy atom. The first kappa shape index (κ1) is 15.7. The quantitative estimate of drug-likeness (QED) is 0.781. The van der Waals surface area contributed by atoms with Crippen LogP contribution in [0.5, 0.6) is 0 Å². The first-order valence-electron chi connectivity index (χ1n) is 6.96. The molecule has 0 radical (unpaired) electrons. The van der Waals surface area contributed by atoms with E-state index < -0.39 is 5.97 Å². The van der Waals surface area contributed by atoms with Gasteiger partial charge in [0.2, 0.25) is 0 Å². The highest BCUT2D eigenvalue weighted by atomic mass is 32.2. The fraction of sp³-hybridized carbons (Fsp3) is 0.467. The number of nitrogens with one attached hydrogen (secondary N) is 2. The van der Waals surface area contributed by atoms with Crippen LogP contribution < -0.4 is 10.6 Å². The molecule has 1 aliphatic heterocycles. The third kappa shape index (κ3) is 4.67. The molecule has 0 saturated carbocycles. The summed E-state index contributed by atoms with van der Waals surface area (Å²) in [6.45, 7) is 3.23. The first-order chi connectivity index (χ1) is 9.98. The van der Waals surface area contributed by atoms with Crippen molar-refractivity contribution in [2.24, 2.45) is 0 Å². The van der Waals surface area contributed by atoms with E-state index in [-0.39, 0.29) is 16.3 Å². The molecule has 1 aromatic carbocycles. The molecule has 3 N–H and O–H groups in total. The number of hydrogen-bond acceptors (Lipinski definition) is 3. The van der Waals surface area contributed by atoms with Gasteiger partial charge in [0.05, 0.1) is 5.56 Å². The van der Waals surface area contributed by atoms with E-state index in [1.165, 1.54) is 18.6 Å². The Balaban J connectivity index is 1.74. The van der Waals surface area contributed by atoms with Crippen LogP contribution in [-0.2, 0) is 6.54 Å². The number of amides is 2. The molecule has 0 aliphatic carbocycles. The maximum Gasteiger partial charge on any atom is 0.335 e. The highest BCUT2D eigenvalue weighted by molar-refractivity contribution is 8.00. The molecule has 1 aliphatic rings. The van der Waals surface area contributed by atoms with E-state index in [0.717, 1.165) is 17.7 Å². The van der Waals surface area contributed by atoms with Crippen molar-refractivity contribution < 1.29 is 14.7 Å². The SMILES string of the molecule is CC1(CNC(=O)NCc2ccc(C(=O)O)cc2)CCCS1. The van der Waals surface area contributed by atoms with Crippen LogP contribution in [0.1, 0.15) is 35.7 Å². The number of carbonyl (C=O) groups excluding carboxylic acids is 1. The number of aromatic carboxylic acids is 1. The zero-order valence-corrected chi connectivity index (χ0v) is 12.8. The van der Waals surface area contributed by atoms with E-state index in [0.29, 0.717) is 13.1 Å². The number of urea groups is 1. The minimum Gasteiger partial charge on any atom is -0.478 e. The normalized spacial score (nSPS) is 21.0. The summed E-state index contributed by atoms with van der Waals surface area (Å²) >= 11 is 1.91. The number of thioether (sulfide) groups is 1. The molecule has 2 rings (SSSR count). The van der Waals surface area contributed by atoms with Gasteiger partial charge in [-0.15, -0.1) is 0 Å². The van der Waals surface area contributed by atoms with Crippen molar-refractivity contribution in [1.29, 1.82) is 0 Å². The molecule has 21 heavy (non-hydrogen) atoms. The van der Waals surface area contributed by atoms with Gasteiger partial charge >= 0.3 is 12.0 Å². The van der Waals surface area contributed by atoms with Crippen molar-refractivity contribution in [2.75, 3.05) is 12.3 Å². The Morgan fingerprint density at radius 2 is 2.00 bits per heavy atom. The lowest BCUT2D eigenvalue weighted by atomic mass is 10.1. The predicted molar refractivity (Wildman–Crippen MR) is 83.7 cm³/mol. The van der Waals surface area contributed by atoms with Gasteiger partial charge in [0.15, 0.2) is 0 Å². The topological polar surface area (TPSA) is 78.4 Å². The Labute approximate surface area is 128 Å². The number of rotatable bonds is 5. The van der Waals surface area contributed by atoms with Crippen LogP contribution in [0, 0.1) is 0 Å². The van der Waals surface area contributed by atoms with Gasteiger partial charge in [-0.1, -0.05) is 12.1 Å². The Hall–Kier alpha value is -1.69. The molecular weight excluding hydrogens is 288 g/mol. The van der Waals surface area contributed by atoms with Gasteiger partial charge in [-0.3, -0.25) is 0 Å². The van der Waals surface area contributed by atoms with Crippen molar-refractivity contribution >= 4 is 23.8 Å². The van der Waals surface area contributed by atoms with Gasteiger partial charge in [0.25, 0.3) is 0 Å². The van der Waals surface area contributed by atoms with Gasteiger partial charge < -0.3 is 15.7 Å². The van der Waals surface area contributed by atoms with E-state index in [9.17, 15) is 9.59 Å². The predicted octanol–water partition coefficient (Wildman–Crippen LogP) is 2.47. The van der Waals surface area contributed by atoms with E-state index in [4.69, 9.17) is 5.11 Å². The van der Waals surface area contributed by atoms with Gasteiger partial charge in [0.1, 0.15) is 0 Å². The van der Waals surface area contributed by atoms with Gasteiger partial charge in [0, 0.05) is 17.8 Å². The average Bonchev–Trinajstić information content (AvgIpc) is 2.91. The lowest BCUT2D eigenvalue weighted by Gasteiger charge is -2.22. The van der Waals surface area contributed by atoms with Crippen LogP contribution in [0.4, 0.5) is 4.79 Å². The van der Waals surface area contributed by atoms with Crippen LogP contribution in [-0.4, -0.2) is 34.2 Å². The van der Waals surface area contributed by atoms with E-state index in [1.807, 2.05) is 11.8 Å². The molecule has 6 heteroatoms. The molecule has 0 bridgehead atoms. The Morgan fingerprint density at radius 1 is 1.29 bits per heavy atom. The van der Waals surface area contributed by atoms with Gasteiger partial charge in [-0.25, -0.2) is 9.59 Å². The van der Waals surface area contributed by atoms with Gasteiger partial charge in [-0.05, 0) is 43.2 Å². The van der Waals surface area contributed by atoms with E-state index in [2.05, 4.69) is 17.6 Å². The van der Waals surface area contributed by atoms with Crippen molar-refractivity contribution in [2.45, 2.75) is 31.1 Å². The second-order valence-corrected chi connectivity index (χ2v) is 7.12. The maximum atomic E-state index is 11.8. The molecular formula is C15H20N2O3S. The van der Waals surface area contributed by atoms with Crippen LogP contribution in [0.25, 0.3) is 0 Å². The lowest BCUT2D eigenvalue weighted by Crippen LogP contribution is -2.42. The molecule has 1 aromatic rings. The van der Waals surface area contributed by atoms with Crippen molar-refractivity contribution in [1.82, 2.24) is 10.6 Å². The minimum absolute atomic E-state index is 0.153. The summed E-state index contributed by atoms with van der Waals surface area (Å²) in [5, 5.41) is 14.5. The first-order valence-corrected chi connectivity index (χ1v) is 7.95. The number of carboxylic acid groups (broad SMARTS) is 1. The molecule has 1 saturated heterocycles. The van der Waals surface area contributed by atoms with Crippen LogP contribution in [0.15, 0.2) is 24.3 Å². The summed E-state index contributed by atoms with van der Waals surface area (Å²) in [6.07, 6.45) is 2.34. The number of benzene rings is 1. The second kappa shape index (κ2) is 6.85. The summed E-state index contributed by atoms with van der Waals surface area (Å²) in [7, 11) is 0. The molecule has 1 heterocycles. The average molecular weight is 308 g/mol. The third-order valence-corrected chi connectivity index (χ3v) is 5.12. The summed E-state index contributed by atoms with van der Waals surface area (Å²) in [5.41, 5.74) is 1.12. The fourth-order valence-electron chi connectivity index (χ4n) is 2.25. The largest absolute Gasteiger partial charge is 0.478 e. The zero-order valence-electron chi connectivity index (χ0n) is 12.0. The molecule has 1 fully saturated rings. The lowest BCUT2D eigenvalue weighted by molar-refractivity contribution is 0.0697. The number of hydrogen-bond donors (Lipinski definition) is 3. The molecule has 114 valence electrons. The van der Waals surface area contributed by atoms with Gasteiger partial charge in [-0.2, -0.15) is 11.8 Å². The monoisotopic (exact) mass is 308 g/mol. The van der Waals surface area contributed by atoms with Crippen molar-refractivity contribution in [3.05, 3.63) is 35.4 Å². The second-order valence-electron chi connectivity index (χ2n) is 5.44. The third-order valence-electron chi connectivity index (χ3n) is 3.58. The summed E-state index contributed by atoms with van der Waals surface area (Å²) in [4.78, 5) is 22.5. The fourth-order valence-corrected chi connectivity index (χ4v) is 3.50. The highest BCUT2D eigenvalue weighted by Gasteiger charge is 2.29. The molecule has 1 atom stereocenters. The highest BCUT2D eigenvalue weighted by Crippen LogP contribution is 2.36. The van der Waals surface area contributed by atoms with Crippen LogP contribution >= 0.6 is 11.8 Å².